The molecule has 1 aromatic rings. The van der Waals surface area contributed by atoms with E-state index in [-0.39, 0.29) is 12.1 Å². The fraction of sp³-hybridized carbons (Fsp3) is 0.750. The fourth-order valence-electron chi connectivity index (χ4n) is 3.06. The zero-order valence-electron chi connectivity index (χ0n) is 12.6. The van der Waals surface area contributed by atoms with E-state index in [9.17, 15) is 0 Å². The van der Waals surface area contributed by atoms with Crippen LogP contribution in [0.3, 0.4) is 0 Å². The molecular formula is C16H28N2O. The summed E-state index contributed by atoms with van der Waals surface area (Å²) >= 11 is 0. The Hall–Kier alpha value is -0.800. The van der Waals surface area contributed by atoms with Gasteiger partial charge in [0.1, 0.15) is 11.5 Å². The van der Waals surface area contributed by atoms with E-state index in [0.29, 0.717) is 0 Å². The topological polar surface area (TPSA) is 42.4 Å². The van der Waals surface area contributed by atoms with Gasteiger partial charge >= 0.3 is 0 Å². The highest BCUT2D eigenvalue weighted by atomic mass is 16.3. The Morgan fingerprint density at radius 1 is 1.37 bits per heavy atom. The standard InChI is InChI=1S/C16H28N2O/c1-4-14(17)16(15-8-7-13(3)19-15)18-10-5-6-12(2)9-11-18/h7-8,12,14,16H,4-6,9-11,17H2,1-3H3. The van der Waals surface area contributed by atoms with Gasteiger partial charge in [-0.1, -0.05) is 13.8 Å². The molecule has 0 bridgehead atoms. The zero-order valence-corrected chi connectivity index (χ0v) is 12.6. The molecule has 0 aromatic carbocycles. The van der Waals surface area contributed by atoms with Crippen LogP contribution in [0.2, 0.25) is 0 Å². The molecule has 1 aliphatic heterocycles. The van der Waals surface area contributed by atoms with Crippen LogP contribution in [0.4, 0.5) is 0 Å². The molecule has 0 saturated carbocycles. The monoisotopic (exact) mass is 264 g/mol. The van der Waals surface area contributed by atoms with Gasteiger partial charge in [-0.3, -0.25) is 4.90 Å². The minimum Gasteiger partial charge on any atom is -0.465 e. The Labute approximate surface area is 117 Å². The Morgan fingerprint density at radius 2 is 2.16 bits per heavy atom. The highest BCUT2D eigenvalue weighted by molar-refractivity contribution is 5.12. The molecule has 1 aliphatic rings. The number of aryl methyl sites for hydroxylation is 1. The van der Waals surface area contributed by atoms with Crippen LogP contribution in [-0.4, -0.2) is 24.0 Å². The number of nitrogens with two attached hydrogens (primary N) is 1. The van der Waals surface area contributed by atoms with Crippen LogP contribution in [0.1, 0.15) is 57.1 Å². The van der Waals surface area contributed by atoms with Crippen molar-refractivity contribution in [2.45, 2.75) is 58.5 Å². The van der Waals surface area contributed by atoms with Gasteiger partial charge in [-0.15, -0.1) is 0 Å². The maximum Gasteiger partial charge on any atom is 0.122 e. The molecule has 0 spiro atoms. The molecule has 2 rings (SSSR count). The lowest BCUT2D eigenvalue weighted by molar-refractivity contribution is 0.151. The summed E-state index contributed by atoms with van der Waals surface area (Å²) in [5.74, 6) is 2.86. The van der Waals surface area contributed by atoms with Gasteiger partial charge in [-0.2, -0.15) is 0 Å². The molecular weight excluding hydrogens is 236 g/mol. The number of furan rings is 1. The molecule has 3 atom stereocenters. The van der Waals surface area contributed by atoms with Gasteiger partial charge in [-0.05, 0) is 63.7 Å². The molecule has 2 heterocycles. The highest BCUT2D eigenvalue weighted by Crippen LogP contribution is 2.30. The van der Waals surface area contributed by atoms with Gasteiger partial charge in [0.25, 0.3) is 0 Å². The second-order valence-electron chi connectivity index (χ2n) is 6.04. The molecule has 1 saturated heterocycles. The molecule has 108 valence electrons. The van der Waals surface area contributed by atoms with E-state index < -0.39 is 0 Å². The molecule has 2 N–H and O–H groups in total. The van der Waals surface area contributed by atoms with Gasteiger partial charge in [0.05, 0.1) is 6.04 Å². The summed E-state index contributed by atoms with van der Waals surface area (Å²) in [7, 11) is 0. The first kappa shape index (κ1) is 14.6. The Bertz CT molecular complexity index is 388. The lowest BCUT2D eigenvalue weighted by Gasteiger charge is -2.33. The minimum absolute atomic E-state index is 0.152. The summed E-state index contributed by atoms with van der Waals surface area (Å²) in [6.07, 6.45) is 4.86. The lowest BCUT2D eigenvalue weighted by atomic mass is 10.0. The first-order valence-corrected chi connectivity index (χ1v) is 7.67. The van der Waals surface area contributed by atoms with Crippen molar-refractivity contribution >= 4 is 0 Å². The van der Waals surface area contributed by atoms with Crippen molar-refractivity contribution in [1.29, 1.82) is 0 Å². The average Bonchev–Trinajstić information content (AvgIpc) is 2.69. The summed E-state index contributed by atoms with van der Waals surface area (Å²) in [6.45, 7) is 8.80. The number of hydrogen-bond acceptors (Lipinski definition) is 3. The first-order chi connectivity index (χ1) is 9.11. The third kappa shape index (κ3) is 3.61. The van der Waals surface area contributed by atoms with Crippen LogP contribution in [0.15, 0.2) is 16.5 Å². The fourth-order valence-corrected chi connectivity index (χ4v) is 3.06. The summed E-state index contributed by atoms with van der Waals surface area (Å²) in [4.78, 5) is 2.54. The van der Waals surface area contributed by atoms with Crippen LogP contribution < -0.4 is 5.73 Å². The van der Waals surface area contributed by atoms with Crippen molar-refractivity contribution in [3.63, 3.8) is 0 Å². The van der Waals surface area contributed by atoms with E-state index in [4.69, 9.17) is 10.2 Å². The Kier molecular flexibility index (Phi) is 5.06. The van der Waals surface area contributed by atoms with Crippen LogP contribution >= 0.6 is 0 Å². The molecule has 0 amide bonds. The van der Waals surface area contributed by atoms with E-state index in [1.54, 1.807) is 0 Å². The van der Waals surface area contributed by atoms with Gasteiger partial charge < -0.3 is 10.2 Å². The maximum atomic E-state index is 6.37. The molecule has 0 aliphatic carbocycles. The maximum absolute atomic E-state index is 6.37. The van der Waals surface area contributed by atoms with Gasteiger partial charge in [0.2, 0.25) is 0 Å². The molecule has 0 radical (unpaired) electrons. The normalized spacial score (nSPS) is 24.9. The average molecular weight is 264 g/mol. The van der Waals surface area contributed by atoms with E-state index in [2.05, 4.69) is 24.8 Å². The van der Waals surface area contributed by atoms with E-state index >= 15 is 0 Å². The number of likely N-dealkylation sites (tertiary alicyclic amines) is 1. The number of nitrogens with zero attached hydrogens (tertiary/aromatic N) is 1. The largest absolute Gasteiger partial charge is 0.465 e. The smallest absolute Gasteiger partial charge is 0.122 e. The summed E-state index contributed by atoms with van der Waals surface area (Å²) in [5.41, 5.74) is 6.37. The van der Waals surface area contributed by atoms with Crippen molar-refractivity contribution < 1.29 is 4.42 Å². The SMILES string of the molecule is CCC(N)C(c1ccc(C)o1)N1CCCC(C)CC1. The van der Waals surface area contributed by atoms with Crippen molar-refractivity contribution in [2.24, 2.45) is 11.7 Å². The predicted octanol–water partition coefficient (Wildman–Crippen LogP) is 3.49. The third-order valence-electron chi connectivity index (χ3n) is 4.37. The molecule has 3 unspecified atom stereocenters. The van der Waals surface area contributed by atoms with E-state index in [1.165, 1.54) is 19.3 Å². The van der Waals surface area contributed by atoms with Crippen LogP contribution in [0.25, 0.3) is 0 Å². The molecule has 3 nitrogen and oxygen atoms in total. The van der Waals surface area contributed by atoms with Crippen molar-refractivity contribution in [3.8, 4) is 0 Å². The lowest BCUT2D eigenvalue weighted by Crippen LogP contribution is -2.41. The van der Waals surface area contributed by atoms with Gasteiger partial charge in [-0.25, -0.2) is 0 Å². The first-order valence-electron chi connectivity index (χ1n) is 7.67. The third-order valence-corrected chi connectivity index (χ3v) is 4.37. The zero-order chi connectivity index (χ0) is 13.8. The van der Waals surface area contributed by atoms with E-state index in [0.717, 1.165) is 36.9 Å². The Morgan fingerprint density at radius 3 is 2.79 bits per heavy atom. The molecule has 1 fully saturated rings. The summed E-state index contributed by atoms with van der Waals surface area (Å²) in [5, 5.41) is 0. The van der Waals surface area contributed by atoms with Gasteiger partial charge in [0, 0.05) is 6.04 Å². The molecule has 3 heteroatoms. The van der Waals surface area contributed by atoms with Crippen molar-refractivity contribution in [1.82, 2.24) is 4.90 Å². The minimum atomic E-state index is 0.152. The second-order valence-corrected chi connectivity index (χ2v) is 6.04. The van der Waals surface area contributed by atoms with Crippen molar-refractivity contribution in [2.75, 3.05) is 13.1 Å². The van der Waals surface area contributed by atoms with Crippen molar-refractivity contribution in [3.05, 3.63) is 23.7 Å². The quantitative estimate of drug-likeness (QED) is 0.905. The molecule has 1 aromatic heterocycles. The predicted molar refractivity (Wildman–Crippen MR) is 79.0 cm³/mol. The van der Waals surface area contributed by atoms with Gasteiger partial charge in [0.15, 0.2) is 0 Å². The Balaban J connectivity index is 2.17. The molecule has 19 heavy (non-hydrogen) atoms. The second kappa shape index (κ2) is 6.58. The number of hydrogen-bond donors (Lipinski definition) is 1. The highest BCUT2D eigenvalue weighted by Gasteiger charge is 2.29. The van der Waals surface area contributed by atoms with E-state index in [1.807, 2.05) is 13.0 Å². The number of rotatable bonds is 4. The van der Waals surface area contributed by atoms with Crippen LogP contribution in [0, 0.1) is 12.8 Å². The van der Waals surface area contributed by atoms with Crippen LogP contribution in [-0.2, 0) is 0 Å². The summed E-state index contributed by atoms with van der Waals surface area (Å²) in [6, 6.07) is 4.54. The summed E-state index contributed by atoms with van der Waals surface area (Å²) < 4.78 is 5.87. The van der Waals surface area contributed by atoms with Crippen LogP contribution in [0.5, 0.6) is 0 Å².